The third-order valence-electron chi connectivity index (χ3n) is 13.7. The molecule has 0 atom stereocenters. The molecule has 0 N–H and O–H groups in total. The molecule has 1 heteroatoms. The number of hydrogen-bond donors (Lipinski definition) is 0. The van der Waals surface area contributed by atoms with Crippen molar-refractivity contribution in [2.75, 3.05) is 0 Å². The van der Waals surface area contributed by atoms with Gasteiger partial charge in [0.25, 0.3) is 0 Å². The molecule has 0 aliphatic heterocycles. The largest absolute Gasteiger partial charge is 0.309 e. The van der Waals surface area contributed by atoms with E-state index >= 15 is 0 Å². The maximum absolute atomic E-state index is 2.49. The first-order valence-corrected chi connectivity index (χ1v) is 21.1. The number of hydrogen-bond acceptors (Lipinski definition) is 0. The van der Waals surface area contributed by atoms with E-state index in [4.69, 9.17) is 0 Å². The van der Waals surface area contributed by atoms with Crippen LogP contribution in [0.2, 0.25) is 0 Å². The predicted octanol–water partition coefficient (Wildman–Crippen LogP) is 16.2. The lowest BCUT2D eigenvalue weighted by Crippen LogP contribution is -2.15. The molecule has 1 aliphatic carbocycles. The molecule has 0 spiro atoms. The Bertz CT molecular complexity index is 3730. The topological polar surface area (TPSA) is 4.93 Å². The zero-order valence-corrected chi connectivity index (χ0v) is 33.5. The Hall–Kier alpha value is -7.48. The molecule has 60 heavy (non-hydrogen) atoms. The maximum atomic E-state index is 2.49. The first-order chi connectivity index (χ1) is 29.6. The first-order valence-electron chi connectivity index (χ1n) is 21.1. The van der Waals surface area contributed by atoms with Gasteiger partial charge in [-0.1, -0.05) is 178 Å². The number of fused-ring (bicyclic) bond motifs is 15. The van der Waals surface area contributed by atoms with Crippen LogP contribution in [0.25, 0.3) is 115 Å². The SMILES string of the molecule is CC1(C)c2ccc3ccccc3c2-c2c1c1ccc(-c3c4ccccc4c(-c4ccc5c(c4)c4ccccc4n5-c4ccccc4)c4ccccc34)cc1c1ccccc21. The van der Waals surface area contributed by atoms with Gasteiger partial charge in [-0.05, 0) is 135 Å². The summed E-state index contributed by atoms with van der Waals surface area (Å²) in [4.78, 5) is 0. The van der Waals surface area contributed by atoms with E-state index in [1.807, 2.05) is 0 Å². The van der Waals surface area contributed by atoms with E-state index in [9.17, 15) is 0 Å². The summed E-state index contributed by atoms with van der Waals surface area (Å²) in [7, 11) is 0. The molecule has 280 valence electrons. The van der Waals surface area contributed by atoms with Crippen molar-refractivity contribution in [3.63, 3.8) is 0 Å². The molecule has 1 nitrogen and oxygen atoms in total. The molecule has 0 saturated carbocycles. The summed E-state index contributed by atoms with van der Waals surface area (Å²) in [6, 6.07) is 74.7. The van der Waals surface area contributed by atoms with Crippen molar-refractivity contribution >= 4 is 75.7 Å². The molecule has 0 unspecified atom stereocenters. The Balaban J connectivity index is 1.08. The molecule has 11 aromatic carbocycles. The summed E-state index contributed by atoms with van der Waals surface area (Å²) in [5.41, 5.74) is 14.1. The van der Waals surface area contributed by atoms with E-state index in [2.05, 4.69) is 219 Å². The second-order valence-electron chi connectivity index (χ2n) is 17.2. The Kier molecular flexibility index (Phi) is 6.85. The summed E-state index contributed by atoms with van der Waals surface area (Å²) < 4.78 is 2.40. The molecule has 0 bridgehead atoms. The summed E-state index contributed by atoms with van der Waals surface area (Å²) in [6.45, 7) is 4.84. The summed E-state index contributed by atoms with van der Waals surface area (Å²) in [5.74, 6) is 0. The number of benzene rings is 11. The van der Waals surface area contributed by atoms with Crippen LogP contribution in [0.5, 0.6) is 0 Å². The van der Waals surface area contributed by atoms with Crippen molar-refractivity contribution in [1.82, 2.24) is 4.57 Å². The van der Waals surface area contributed by atoms with Gasteiger partial charge in [0.15, 0.2) is 0 Å². The molecule has 0 amide bonds. The van der Waals surface area contributed by atoms with Gasteiger partial charge in [0.05, 0.1) is 11.0 Å². The Labute approximate surface area is 348 Å². The average Bonchev–Trinajstić information content (AvgIpc) is 3.76. The van der Waals surface area contributed by atoms with Gasteiger partial charge in [-0.15, -0.1) is 0 Å². The minimum Gasteiger partial charge on any atom is -0.309 e. The summed E-state index contributed by atoms with van der Waals surface area (Å²) in [6.07, 6.45) is 0. The number of aromatic nitrogens is 1. The van der Waals surface area contributed by atoms with Crippen molar-refractivity contribution in [2.45, 2.75) is 19.3 Å². The van der Waals surface area contributed by atoms with Crippen molar-refractivity contribution in [2.24, 2.45) is 0 Å². The van der Waals surface area contributed by atoms with E-state index in [0.717, 1.165) is 0 Å². The molecule has 1 aromatic heterocycles. The fraction of sp³-hybridized carbons (Fsp3) is 0.0508. The smallest absolute Gasteiger partial charge is 0.0541 e. The second-order valence-corrected chi connectivity index (χ2v) is 17.2. The lowest BCUT2D eigenvalue weighted by molar-refractivity contribution is 0.667. The van der Waals surface area contributed by atoms with Crippen molar-refractivity contribution in [3.8, 4) is 39.1 Å². The highest BCUT2D eigenvalue weighted by Crippen LogP contribution is 2.57. The molecule has 0 saturated heterocycles. The zero-order chi connectivity index (χ0) is 39.7. The minimum atomic E-state index is -0.159. The van der Waals surface area contributed by atoms with Crippen LogP contribution >= 0.6 is 0 Å². The normalized spacial score (nSPS) is 13.3. The standard InChI is InChI=1S/C59H39N/c1-59(2)51-32-29-36-16-6-7-19-40(36)56(51)57-43-22-9-8-20-41(43)49-34-37(28-31-48(49)58(57)59)54-44-23-10-12-25-46(44)55(47-26-13-11-24-45(47)54)38-30-33-53-50(35-38)42-21-14-15-27-52(42)60(53)39-17-4-3-5-18-39/h3-35H,1-2H3. The molecule has 13 rings (SSSR count). The van der Waals surface area contributed by atoms with Crippen LogP contribution in [0.15, 0.2) is 200 Å². The zero-order valence-electron chi connectivity index (χ0n) is 33.5. The molecule has 0 radical (unpaired) electrons. The van der Waals surface area contributed by atoms with Crippen LogP contribution < -0.4 is 0 Å². The van der Waals surface area contributed by atoms with Crippen molar-refractivity contribution < 1.29 is 0 Å². The highest BCUT2D eigenvalue weighted by atomic mass is 15.0. The second kappa shape index (κ2) is 12.3. The average molecular weight is 762 g/mol. The van der Waals surface area contributed by atoms with Crippen LogP contribution in [-0.2, 0) is 5.41 Å². The predicted molar refractivity (Wildman–Crippen MR) is 257 cm³/mol. The van der Waals surface area contributed by atoms with E-state index in [1.165, 1.54) is 126 Å². The number of rotatable bonds is 3. The fourth-order valence-electron chi connectivity index (χ4n) is 11.2. The van der Waals surface area contributed by atoms with Crippen LogP contribution in [0, 0.1) is 0 Å². The molecular weight excluding hydrogens is 723 g/mol. The van der Waals surface area contributed by atoms with Gasteiger partial charge in [-0.2, -0.15) is 0 Å². The van der Waals surface area contributed by atoms with E-state index in [0.29, 0.717) is 0 Å². The molecule has 1 heterocycles. The fourth-order valence-corrected chi connectivity index (χ4v) is 11.2. The highest BCUT2D eigenvalue weighted by Gasteiger charge is 2.39. The van der Waals surface area contributed by atoms with Crippen LogP contribution in [0.1, 0.15) is 25.0 Å². The van der Waals surface area contributed by atoms with E-state index in [-0.39, 0.29) is 5.41 Å². The Morgan fingerprint density at radius 2 is 0.817 bits per heavy atom. The maximum Gasteiger partial charge on any atom is 0.0541 e. The molecule has 1 aliphatic rings. The van der Waals surface area contributed by atoms with Crippen LogP contribution in [-0.4, -0.2) is 4.57 Å². The Morgan fingerprint density at radius 1 is 0.317 bits per heavy atom. The lowest BCUT2D eigenvalue weighted by Gasteiger charge is -2.24. The van der Waals surface area contributed by atoms with Crippen molar-refractivity contribution in [3.05, 3.63) is 211 Å². The van der Waals surface area contributed by atoms with Crippen molar-refractivity contribution in [1.29, 1.82) is 0 Å². The van der Waals surface area contributed by atoms with Gasteiger partial charge in [0, 0.05) is 21.9 Å². The monoisotopic (exact) mass is 761 g/mol. The Morgan fingerprint density at radius 3 is 1.48 bits per heavy atom. The number of para-hydroxylation sites is 2. The molecule has 0 fully saturated rings. The van der Waals surface area contributed by atoms with Gasteiger partial charge in [-0.3, -0.25) is 0 Å². The van der Waals surface area contributed by atoms with Gasteiger partial charge in [0.2, 0.25) is 0 Å². The van der Waals surface area contributed by atoms with Crippen LogP contribution in [0.3, 0.4) is 0 Å². The minimum absolute atomic E-state index is 0.159. The van der Waals surface area contributed by atoms with Gasteiger partial charge in [0.1, 0.15) is 0 Å². The van der Waals surface area contributed by atoms with Crippen LogP contribution in [0.4, 0.5) is 0 Å². The third kappa shape index (κ3) is 4.47. The van der Waals surface area contributed by atoms with Gasteiger partial charge >= 0.3 is 0 Å². The van der Waals surface area contributed by atoms with E-state index < -0.39 is 0 Å². The number of nitrogens with zero attached hydrogens (tertiary/aromatic N) is 1. The third-order valence-corrected chi connectivity index (χ3v) is 13.7. The van der Waals surface area contributed by atoms with Gasteiger partial charge < -0.3 is 4.57 Å². The van der Waals surface area contributed by atoms with Gasteiger partial charge in [-0.25, -0.2) is 0 Å². The van der Waals surface area contributed by atoms with E-state index in [1.54, 1.807) is 0 Å². The summed E-state index contributed by atoms with van der Waals surface area (Å²) in [5, 5.41) is 15.5. The lowest BCUT2D eigenvalue weighted by atomic mass is 9.78. The highest BCUT2D eigenvalue weighted by molar-refractivity contribution is 6.25. The molecular formula is C59H39N. The molecule has 12 aromatic rings. The quantitative estimate of drug-likeness (QED) is 0.125. The first kappa shape index (κ1) is 33.5. The summed E-state index contributed by atoms with van der Waals surface area (Å²) >= 11 is 0.